The Kier molecular flexibility index (Phi) is 7.98. The molecule has 0 saturated carbocycles. The highest BCUT2D eigenvalue weighted by Gasteiger charge is 2.24. The second kappa shape index (κ2) is 11.5. The molecule has 9 nitrogen and oxygen atoms in total. The molecule has 36 heavy (non-hydrogen) atoms. The normalized spacial score (nSPS) is 13.1. The van der Waals surface area contributed by atoms with Crippen molar-refractivity contribution in [2.75, 3.05) is 49.5 Å². The molecule has 184 valence electrons. The van der Waals surface area contributed by atoms with Crippen molar-refractivity contribution in [3.63, 3.8) is 0 Å². The molecule has 1 aliphatic heterocycles. The summed E-state index contributed by atoms with van der Waals surface area (Å²) in [7, 11) is 0. The number of nitrogens with one attached hydrogen (secondary N) is 2. The third-order valence-corrected chi connectivity index (χ3v) is 6.00. The van der Waals surface area contributed by atoms with Crippen molar-refractivity contribution in [1.82, 2.24) is 20.2 Å². The largest absolute Gasteiger partial charge is 0.368 e. The fourth-order valence-electron chi connectivity index (χ4n) is 3.89. The van der Waals surface area contributed by atoms with Crippen LogP contribution in [0.4, 0.5) is 11.6 Å². The minimum absolute atomic E-state index is 0.0865. The fourth-order valence-corrected chi connectivity index (χ4v) is 4.01. The SMILES string of the molecule is CC(=O)NCCNc1cc(N2CCN(C(=O)c3cccc(C#N)c3)CC2)nc(-c2ccc(Cl)cc2)n1. The van der Waals surface area contributed by atoms with Gasteiger partial charge in [0.15, 0.2) is 5.82 Å². The first-order valence-corrected chi connectivity index (χ1v) is 12.0. The zero-order chi connectivity index (χ0) is 25.5. The number of piperazine rings is 1. The maximum Gasteiger partial charge on any atom is 0.254 e. The van der Waals surface area contributed by atoms with Gasteiger partial charge in [-0.05, 0) is 42.5 Å². The zero-order valence-corrected chi connectivity index (χ0v) is 20.6. The van der Waals surface area contributed by atoms with Crippen LogP contribution in [0, 0.1) is 11.3 Å². The number of carbonyl (C=O) groups excluding carboxylic acids is 2. The van der Waals surface area contributed by atoms with Crippen molar-refractivity contribution < 1.29 is 9.59 Å². The molecule has 4 rings (SSSR count). The summed E-state index contributed by atoms with van der Waals surface area (Å²) in [5, 5.41) is 15.8. The fraction of sp³-hybridized carbons (Fsp3) is 0.269. The molecule has 0 unspecified atom stereocenters. The summed E-state index contributed by atoms with van der Waals surface area (Å²) in [6, 6.07) is 18.0. The number of halogens is 1. The summed E-state index contributed by atoms with van der Waals surface area (Å²) in [5.74, 6) is 1.76. The molecule has 1 fully saturated rings. The highest BCUT2D eigenvalue weighted by atomic mass is 35.5. The van der Waals surface area contributed by atoms with Crippen LogP contribution in [0.3, 0.4) is 0 Å². The van der Waals surface area contributed by atoms with Gasteiger partial charge in [0, 0.05) is 68.4 Å². The van der Waals surface area contributed by atoms with Gasteiger partial charge in [-0.2, -0.15) is 5.26 Å². The van der Waals surface area contributed by atoms with Crippen LogP contribution in [0.1, 0.15) is 22.8 Å². The first-order chi connectivity index (χ1) is 17.4. The first kappa shape index (κ1) is 24.9. The predicted octanol–water partition coefficient (Wildman–Crippen LogP) is 3.18. The maximum absolute atomic E-state index is 12.9. The average molecular weight is 504 g/mol. The van der Waals surface area contributed by atoms with Gasteiger partial charge < -0.3 is 20.4 Å². The number of nitriles is 1. The van der Waals surface area contributed by atoms with Crippen molar-refractivity contribution in [3.8, 4) is 17.5 Å². The Labute approximate surface area is 214 Å². The van der Waals surface area contributed by atoms with E-state index >= 15 is 0 Å². The van der Waals surface area contributed by atoms with Crippen LogP contribution in [-0.4, -0.2) is 66.0 Å². The lowest BCUT2D eigenvalue weighted by molar-refractivity contribution is -0.118. The Morgan fingerprint density at radius 3 is 2.47 bits per heavy atom. The van der Waals surface area contributed by atoms with E-state index in [9.17, 15) is 9.59 Å². The molecular weight excluding hydrogens is 478 g/mol. The molecule has 2 amide bonds. The summed E-state index contributed by atoms with van der Waals surface area (Å²) in [6.45, 7) is 4.73. The lowest BCUT2D eigenvalue weighted by atomic mass is 10.1. The molecule has 2 heterocycles. The number of anilines is 2. The monoisotopic (exact) mass is 503 g/mol. The molecule has 0 radical (unpaired) electrons. The van der Waals surface area contributed by atoms with Crippen molar-refractivity contribution >= 4 is 35.1 Å². The van der Waals surface area contributed by atoms with Crippen LogP contribution < -0.4 is 15.5 Å². The summed E-state index contributed by atoms with van der Waals surface area (Å²) >= 11 is 6.05. The summed E-state index contributed by atoms with van der Waals surface area (Å²) in [4.78, 5) is 37.5. The first-order valence-electron chi connectivity index (χ1n) is 11.6. The molecule has 2 N–H and O–H groups in total. The van der Waals surface area contributed by atoms with Gasteiger partial charge >= 0.3 is 0 Å². The van der Waals surface area contributed by atoms with E-state index in [4.69, 9.17) is 21.8 Å². The standard InChI is InChI=1S/C26H26ClN7O2/c1-18(35)29-9-10-30-23-16-24(32-25(31-23)20-5-7-22(27)8-6-20)33-11-13-34(14-12-33)26(36)21-4-2-3-19(15-21)17-28/h2-8,15-16H,9-14H2,1H3,(H,29,35)(H,30,31,32). The number of benzene rings is 2. The van der Waals surface area contributed by atoms with E-state index in [2.05, 4.69) is 26.6 Å². The highest BCUT2D eigenvalue weighted by molar-refractivity contribution is 6.30. The van der Waals surface area contributed by atoms with Gasteiger partial charge in [0.05, 0.1) is 11.6 Å². The second-order valence-electron chi connectivity index (χ2n) is 8.32. The molecular formula is C26H26ClN7O2. The van der Waals surface area contributed by atoms with E-state index in [1.807, 2.05) is 18.2 Å². The number of hydrogen-bond acceptors (Lipinski definition) is 7. The van der Waals surface area contributed by atoms with Crippen LogP contribution >= 0.6 is 11.6 Å². The van der Waals surface area contributed by atoms with Gasteiger partial charge in [-0.1, -0.05) is 17.7 Å². The molecule has 3 aromatic rings. The smallest absolute Gasteiger partial charge is 0.254 e. The third kappa shape index (κ3) is 6.29. The number of aromatic nitrogens is 2. The molecule has 2 aromatic carbocycles. The van der Waals surface area contributed by atoms with Crippen molar-refractivity contribution in [1.29, 1.82) is 5.26 Å². The molecule has 1 aliphatic rings. The average Bonchev–Trinajstić information content (AvgIpc) is 2.91. The van der Waals surface area contributed by atoms with E-state index in [1.165, 1.54) is 6.92 Å². The van der Waals surface area contributed by atoms with Crippen LogP contribution in [0.25, 0.3) is 11.4 Å². The Morgan fingerprint density at radius 2 is 1.78 bits per heavy atom. The van der Waals surface area contributed by atoms with Crippen molar-refractivity contribution in [2.24, 2.45) is 0 Å². The number of hydrogen-bond donors (Lipinski definition) is 2. The predicted molar refractivity (Wildman–Crippen MR) is 139 cm³/mol. The minimum atomic E-state index is -0.0891. The van der Waals surface area contributed by atoms with Gasteiger partial charge in [-0.3, -0.25) is 9.59 Å². The Morgan fingerprint density at radius 1 is 1.03 bits per heavy atom. The summed E-state index contributed by atoms with van der Waals surface area (Å²) < 4.78 is 0. The number of rotatable bonds is 7. The highest BCUT2D eigenvalue weighted by Crippen LogP contribution is 2.25. The Hall–Kier alpha value is -4.16. The van der Waals surface area contributed by atoms with Gasteiger partial charge in [0.1, 0.15) is 11.6 Å². The van der Waals surface area contributed by atoms with Crippen LogP contribution in [0.5, 0.6) is 0 Å². The van der Waals surface area contributed by atoms with E-state index in [0.29, 0.717) is 67.1 Å². The molecule has 1 saturated heterocycles. The van der Waals surface area contributed by atoms with Gasteiger partial charge in [-0.25, -0.2) is 9.97 Å². The Bertz CT molecular complexity index is 1280. The maximum atomic E-state index is 12.9. The summed E-state index contributed by atoms with van der Waals surface area (Å²) in [6.07, 6.45) is 0. The molecule has 0 spiro atoms. The lowest BCUT2D eigenvalue weighted by Gasteiger charge is -2.35. The minimum Gasteiger partial charge on any atom is -0.368 e. The zero-order valence-electron chi connectivity index (χ0n) is 19.9. The number of nitrogens with zero attached hydrogens (tertiary/aromatic N) is 5. The number of amides is 2. The van der Waals surface area contributed by atoms with E-state index < -0.39 is 0 Å². The van der Waals surface area contributed by atoms with Crippen molar-refractivity contribution in [3.05, 3.63) is 70.7 Å². The third-order valence-electron chi connectivity index (χ3n) is 5.75. The Balaban J connectivity index is 1.50. The summed E-state index contributed by atoms with van der Waals surface area (Å²) in [5.41, 5.74) is 1.81. The van der Waals surface area contributed by atoms with E-state index in [-0.39, 0.29) is 11.8 Å². The quantitative estimate of drug-likeness (QED) is 0.476. The van der Waals surface area contributed by atoms with E-state index in [0.717, 1.165) is 11.4 Å². The molecule has 0 aliphatic carbocycles. The van der Waals surface area contributed by atoms with E-state index in [1.54, 1.807) is 41.3 Å². The van der Waals surface area contributed by atoms with Crippen LogP contribution in [0.2, 0.25) is 5.02 Å². The number of carbonyl (C=O) groups is 2. The molecule has 1 aromatic heterocycles. The topological polar surface area (TPSA) is 114 Å². The van der Waals surface area contributed by atoms with Crippen molar-refractivity contribution in [2.45, 2.75) is 6.92 Å². The molecule has 0 atom stereocenters. The molecule has 0 bridgehead atoms. The van der Waals surface area contributed by atoms with Gasteiger partial charge in [-0.15, -0.1) is 0 Å². The second-order valence-corrected chi connectivity index (χ2v) is 8.76. The molecule has 10 heteroatoms. The van der Waals surface area contributed by atoms with Gasteiger partial charge in [0.2, 0.25) is 5.91 Å². The van der Waals surface area contributed by atoms with Gasteiger partial charge in [0.25, 0.3) is 5.91 Å². The lowest BCUT2D eigenvalue weighted by Crippen LogP contribution is -2.49. The van der Waals surface area contributed by atoms with Crippen LogP contribution in [0.15, 0.2) is 54.6 Å². The van der Waals surface area contributed by atoms with Crippen LogP contribution in [-0.2, 0) is 4.79 Å².